The van der Waals surface area contributed by atoms with Crippen molar-refractivity contribution in [3.05, 3.63) is 33.4 Å². The lowest BCUT2D eigenvalue weighted by atomic mass is 9.98. The fourth-order valence-electron chi connectivity index (χ4n) is 2.75. The Bertz CT molecular complexity index is 545. The van der Waals surface area contributed by atoms with Crippen LogP contribution in [0.3, 0.4) is 0 Å². The minimum atomic E-state index is -0.226. The van der Waals surface area contributed by atoms with E-state index in [1.165, 1.54) is 19.3 Å². The van der Waals surface area contributed by atoms with Crippen molar-refractivity contribution in [2.45, 2.75) is 44.6 Å². The number of carbonyl (C=O) groups is 2. The number of rotatable bonds is 8. The average molecular weight is 444 g/mol. The van der Waals surface area contributed by atoms with Gasteiger partial charge in [-0.1, -0.05) is 31.4 Å². The van der Waals surface area contributed by atoms with E-state index in [2.05, 4.69) is 33.2 Å². The molecule has 0 atom stereocenters. The molecule has 1 fully saturated rings. The fraction of sp³-hybridized carbons (Fsp3) is 0.556. The lowest BCUT2D eigenvalue weighted by Crippen LogP contribution is -2.37. The smallest absolute Gasteiger partial charge is 0.252 e. The van der Waals surface area contributed by atoms with Crippen molar-refractivity contribution < 1.29 is 14.3 Å². The Kier molecular flexibility index (Phi) is 8.52. The van der Waals surface area contributed by atoms with Crippen molar-refractivity contribution in [1.82, 2.24) is 10.6 Å². The summed E-state index contributed by atoms with van der Waals surface area (Å²) in [7, 11) is 0. The molecule has 0 bridgehead atoms. The second-order valence-corrected chi connectivity index (χ2v) is 7.16. The SMILES string of the molecule is O=C(CNC(=O)c1ccccc1I)NCCCOC1CCCCC1. The minimum absolute atomic E-state index is 0.00666. The van der Waals surface area contributed by atoms with E-state index in [9.17, 15) is 9.59 Å². The Morgan fingerprint density at radius 2 is 1.88 bits per heavy atom. The van der Waals surface area contributed by atoms with Crippen molar-refractivity contribution in [3.8, 4) is 0 Å². The molecule has 132 valence electrons. The van der Waals surface area contributed by atoms with E-state index in [4.69, 9.17) is 4.74 Å². The van der Waals surface area contributed by atoms with Crippen LogP contribution in [0.25, 0.3) is 0 Å². The highest BCUT2D eigenvalue weighted by Crippen LogP contribution is 2.20. The number of amides is 2. The first kappa shape index (κ1) is 19.2. The maximum absolute atomic E-state index is 12.0. The van der Waals surface area contributed by atoms with Crippen LogP contribution < -0.4 is 10.6 Å². The van der Waals surface area contributed by atoms with E-state index in [0.29, 0.717) is 24.8 Å². The van der Waals surface area contributed by atoms with Crippen LogP contribution in [-0.2, 0) is 9.53 Å². The molecule has 24 heavy (non-hydrogen) atoms. The van der Waals surface area contributed by atoms with Gasteiger partial charge in [-0.25, -0.2) is 0 Å². The average Bonchev–Trinajstić information content (AvgIpc) is 2.60. The lowest BCUT2D eigenvalue weighted by Gasteiger charge is -2.21. The molecule has 2 N–H and O–H groups in total. The lowest BCUT2D eigenvalue weighted by molar-refractivity contribution is -0.120. The topological polar surface area (TPSA) is 67.4 Å². The van der Waals surface area contributed by atoms with Gasteiger partial charge in [-0.15, -0.1) is 0 Å². The van der Waals surface area contributed by atoms with Crippen LogP contribution in [0.4, 0.5) is 0 Å². The Labute approximate surface area is 157 Å². The van der Waals surface area contributed by atoms with Crippen LogP contribution in [0.1, 0.15) is 48.9 Å². The van der Waals surface area contributed by atoms with Gasteiger partial charge in [0.2, 0.25) is 5.91 Å². The summed E-state index contributed by atoms with van der Waals surface area (Å²) in [4.78, 5) is 23.8. The third-order valence-corrected chi connectivity index (χ3v) is 5.02. The predicted octanol–water partition coefficient (Wildman–Crippen LogP) is 2.88. The zero-order valence-electron chi connectivity index (χ0n) is 13.9. The molecule has 0 aliphatic heterocycles. The highest BCUT2D eigenvalue weighted by Gasteiger charge is 2.13. The van der Waals surface area contributed by atoms with Crippen molar-refractivity contribution in [1.29, 1.82) is 0 Å². The number of carbonyl (C=O) groups excluding carboxylic acids is 2. The van der Waals surface area contributed by atoms with Crippen LogP contribution in [0.2, 0.25) is 0 Å². The zero-order valence-corrected chi connectivity index (χ0v) is 16.0. The molecular weight excluding hydrogens is 419 g/mol. The molecule has 0 radical (unpaired) electrons. The van der Waals surface area contributed by atoms with E-state index in [0.717, 1.165) is 22.8 Å². The summed E-state index contributed by atoms with van der Waals surface area (Å²) in [6, 6.07) is 7.30. The van der Waals surface area contributed by atoms with Gasteiger partial charge >= 0.3 is 0 Å². The van der Waals surface area contributed by atoms with Crippen LogP contribution >= 0.6 is 22.6 Å². The number of nitrogens with one attached hydrogen (secondary N) is 2. The van der Waals surface area contributed by atoms with Gasteiger partial charge in [-0.2, -0.15) is 0 Å². The summed E-state index contributed by atoms with van der Waals surface area (Å²) >= 11 is 2.11. The maximum atomic E-state index is 12.0. The molecule has 1 saturated carbocycles. The van der Waals surface area contributed by atoms with Crippen LogP contribution in [0.15, 0.2) is 24.3 Å². The predicted molar refractivity (Wildman–Crippen MR) is 102 cm³/mol. The van der Waals surface area contributed by atoms with E-state index in [-0.39, 0.29) is 18.4 Å². The van der Waals surface area contributed by atoms with Crippen LogP contribution in [0, 0.1) is 3.57 Å². The number of ether oxygens (including phenoxy) is 1. The normalized spacial score (nSPS) is 15.0. The van der Waals surface area contributed by atoms with Gasteiger partial charge in [-0.05, 0) is 54.0 Å². The molecule has 1 aliphatic carbocycles. The van der Waals surface area contributed by atoms with Crippen molar-refractivity contribution in [3.63, 3.8) is 0 Å². The third-order valence-electron chi connectivity index (χ3n) is 4.08. The first-order chi connectivity index (χ1) is 11.7. The van der Waals surface area contributed by atoms with E-state index in [1.807, 2.05) is 18.2 Å². The molecule has 5 nitrogen and oxygen atoms in total. The number of halogens is 1. The molecule has 0 saturated heterocycles. The number of benzene rings is 1. The quantitative estimate of drug-likeness (QED) is 0.479. The second-order valence-electron chi connectivity index (χ2n) is 6.00. The number of hydrogen-bond acceptors (Lipinski definition) is 3. The van der Waals surface area contributed by atoms with Gasteiger partial charge in [0.1, 0.15) is 0 Å². The van der Waals surface area contributed by atoms with Gasteiger partial charge in [0, 0.05) is 16.7 Å². The zero-order chi connectivity index (χ0) is 17.2. The van der Waals surface area contributed by atoms with Crippen molar-refractivity contribution in [2.75, 3.05) is 19.7 Å². The molecule has 0 heterocycles. The molecule has 0 aromatic heterocycles. The summed E-state index contributed by atoms with van der Waals surface area (Å²) < 4.78 is 6.68. The monoisotopic (exact) mass is 444 g/mol. The van der Waals surface area contributed by atoms with E-state index in [1.54, 1.807) is 6.07 Å². The van der Waals surface area contributed by atoms with Gasteiger partial charge in [0.25, 0.3) is 5.91 Å². The summed E-state index contributed by atoms with van der Waals surface area (Å²) in [5, 5.41) is 5.45. The van der Waals surface area contributed by atoms with Crippen LogP contribution in [0.5, 0.6) is 0 Å². The van der Waals surface area contributed by atoms with Gasteiger partial charge in [-0.3, -0.25) is 9.59 Å². The van der Waals surface area contributed by atoms with E-state index >= 15 is 0 Å². The summed E-state index contributed by atoms with van der Waals surface area (Å²) in [5.41, 5.74) is 0.590. The molecular formula is C18H25IN2O3. The summed E-state index contributed by atoms with van der Waals surface area (Å²) in [6.45, 7) is 1.25. The first-order valence-electron chi connectivity index (χ1n) is 8.58. The highest BCUT2D eigenvalue weighted by molar-refractivity contribution is 14.1. The van der Waals surface area contributed by atoms with Crippen LogP contribution in [-0.4, -0.2) is 37.6 Å². The van der Waals surface area contributed by atoms with E-state index < -0.39 is 0 Å². The summed E-state index contributed by atoms with van der Waals surface area (Å²) in [6.07, 6.45) is 7.38. The Balaban J connectivity index is 1.55. The molecule has 1 aromatic carbocycles. The van der Waals surface area contributed by atoms with Gasteiger partial charge in [0.15, 0.2) is 0 Å². The molecule has 0 spiro atoms. The van der Waals surface area contributed by atoms with Gasteiger partial charge in [0.05, 0.1) is 18.2 Å². The summed E-state index contributed by atoms with van der Waals surface area (Å²) in [5.74, 6) is -0.400. The Hall–Kier alpha value is -1.15. The molecule has 2 amide bonds. The molecule has 6 heteroatoms. The minimum Gasteiger partial charge on any atom is -0.378 e. The highest BCUT2D eigenvalue weighted by atomic mass is 127. The molecule has 2 rings (SSSR count). The Morgan fingerprint density at radius 3 is 2.62 bits per heavy atom. The van der Waals surface area contributed by atoms with Crippen molar-refractivity contribution >= 4 is 34.4 Å². The molecule has 1 aromatic rings. The van der Waals surface area contributed by atoms with Crippen molar-refractivity contribution in [2.24, 2.45) is 0 Å². The standard InChI is InChI=1S/C18H25IN2O3/c19-16-10-5-4-9-15(16)18(23)21-13-17(22)20-11-6-12-24-14-7-2-1-3-8-14/h4-5,9-10,14H,1-3,6-8,11-13H2,(H,20,22)(H,21,23). The fourth-order valence-corrected chi connectivity index (χ4v) is 3.38. The molecule has 1 aliphatic rings. The third kappa shape index (κ3) is 6.76. The Morgan fingerprint density at radius 1 is 1.12 bits per heavy atom. The number of hydrogen-bond donors (Lipinski definition) is 2. The first-order valence-corrected chi connectivity index (χ1v) is 9.65. The molecule has 0 unspecified atom stereocenters. The largest absolute Gasteiger partial charge is 0.378 e. The second kappa shape index (κ2) is 10.7. The maximum Gasteiger partial charge on any atom is 0.252 e. The van der Waals surface area contributed by atoms with Gasteiger partial charge < -0.3 is 15.4 Å².